The van der Waals surface area contributed by atoms with Crippen LogP contribution >= 0.6 is 0 Å². The highest BCUT2D eigenvalue weighted by Crippen LogP contribution is 2.45. The lowest BCUT2D eigenvalue weighted by Gasteiger charge is -2.13. The van der Waals surface area contributed by atoms with Crippen LogP contribution in [0.1, 0.15) is 0 Å². The Kier molecular flexibility index (Phi) is 8.50. The van der Waals surface area contributed by atoms with Gasteiger partial charge in [-0.3, -0.25) is 0 Å². The molecule has 0 atom stereocenters. The van der Waals surface area contributed by atoms with Crippen molar-refractivity contribution in [2.45, 2.75) is 0 Å². The molecule has 0 fully saturated rings. The predicted octanol–water partition coefficient (Wildman–Crippen LogP) is 16.4. The standard InChI is InChI=1S/C61H37N3O/c1-3-15-39(16-4-1)59-62-60(40-17-5-2-6-18-40)64-61(63-59)41-31-29-38(30-32-41)42-19-13-20-43(35-42)45-27-14-28-56-57(45)55-37-53(50-25-11-12-26-52(50)58(55)65-56)44-33-34-51-48-23-8-7-21-46(48)47-22-9-10-24-49(47)54(51)36-44/h1-37H. The van der Waals surface area contributed by atoms with E-state index in [9.17, 15) is 0 Å². The summed E-state index contributed by atoms with van der Waals surface area (Å²) in [5.41, 5.74) is 11.4. The van der Waals surface area contributed by atoms with Crippen LogP contribution in [0.4, 0.5) is 0 Å². The highest BCUT2D eigenvalue weighted by atomic mass is 16.3. The molecule has 4 nitrogen and oxygen atoms in total. The summed E-state index contributed by atoms with van der Waals surface area (Å²) >= 11 is 0. The first kappa shape index (κ1) is 36.9. The van der Waals surface area contributed by atoms with Crippen LogP contribution < -0.4 is 0 Å². The lowest BCUT2D eigenvalue weighted by molar-refractivity contribution is 0.673. The molecule has 0 aliphatic rings. The molecule has 0 aliphatic carbocycles. The lowest BCUT2D eigenvalue weighted by atomic mass is 9.89. The van der Waals surface area contributed by atoms with Crippen LogP contribution in [-0.2, 0) is 0 Å². The van der Waals surface area contributed by atoms with Crippen LogP contribution in [0.15, 0.2) is 229 Å². The van der Waals surface area contributed by atoms with E-state index in [1.165, 1.54) is 48.8 Å². The van der Waals surface area contributed by atoms with Crippen LogP contribution in [-0.4, -0.2) is 15.0 Å². The zero-order chi connectivity index (χ0) is 42.8. The quantitative estimate of drug-likeness (QED) is 0.157. The second-order valence-corrected chi connectivity index (χ2v) is 16.7. The molecule has 13 rings (SSSR count). The molecular formula is C61H37N3O. The van der Waals surface area contributed by atoms with Crippen LogP contribution in [0.3, 0.4) is 0 Å². The number of aromatic nitrogens is 3. The van der Waals surface area contributed by atoms with Gasteiger partial charge in [0, 0.05) is 32.8 Å². The summed E-state index contributed by atoms with van der Waals surface area (Å²) in [5, 5.41) is 12.1. The number of hydrogen-bond acceptors (Lipinski definition) is 4. The largest absolute Gasteiger partial charge is 0.455 e. The fourth-order valence-corrected chi connectivity index (χ4v) is 9.82. The molecule has 4 heteroatoms. The maximum atomic E-state index is 6.82. The van der Waals surface area contributed by atoms with Crippen LogP contribution in [0.5, 0.6) is 0 Å². The second-order valence-electron chi connectivity index (χ2n) is 16.7. The zero-order valence-corrected chi connectivity index (χ0v) is 35.1. The van der Waals surface area contributed by atoms with Crippen molar-refractivity contribution in [3.63, 3.8) is 0 Å². The highest BCUT2D eigenvalue weighted by Gasteiger charge is 2.19. The molecule has 0 spiro atoms. The third-order valence-electron chi connectivity index (χ3n) is 12.9. The predicted molar refractivity (Wildman–Crippen MR) is 270 cm³/mol. The zero-order valence-electron chi connectivity index (χ0n) is 35.1. The van der Waals surface area contributed by atoms with E-state index in [1.54, 1.807) is 0 Å². The number of hydrogen-bond donors (Lipinski definition) is 0. The molecular weight excluding hydrogens is 791 g/mol. The van der Waals surface area contributed by atoms with Crippen molar-refractivity contribution < 1.29 is 4.42 Å². The number of furan rings is 1. The summed E-state index contributed by atoms with van der Waals surface area (Å²) in [6.07, 6.45) is 0. The van der Waals surface area contributed by atoms with Gasteiger partial charge in [0.25, 0.3) is 0 Å². The van der Waals surface area contributed by atoms with Crippen molar-refractivity contribution in [3.8, 4) is 67.5 Å². The van der Waals surface area contributed by atoms with Gasteiger partial charge in [-0.25, -0.2) is 15.0 Å². The SMILES string of the molecule is c1ccc(-c2nc(-c3ccccc3)nc(-c3ccc(-c4cccc(-c5cccc6oc7c8ccccc8c(-c8ccc9c%10ccccc%10c%10ccccc%10c9c8)cc7c56)c4)cc3)n2)cc1. The minimum absolute atomic E-state index is 0.633. The summed E-state index contributed by atoms with van der Waals surface area (Å²) in [4.78, 5) is 14.8. The van der Waals surface area contributed by atoms with Gasteiger partial charge in [0.1, 0.15) is 11.2 Å². The summed E-state index contributed by atoms with van der Waals surface area (Å²) in [6.45, 7) is 0. The fraction of sp³-hybridized carbons (Fsp3) is 0. The van der Waals surface area contributed by atoms with E-state index in [2.05, 4.69) is 164 Å². The molecule has 0 N–H and O–H groups in total. The van der Waals surface area contributed by atoms with Crippen LogP contribution in [0.25, 0.3) is 133 Å². The van der Waals surface area contributed by atoms with Gasteiger partial charge in [-0.2, -0.15) is 0 Å². The van der Waals surface area contributed by atoms with Crippen molar-refractivity contribution in [1.82, 2.24) is 15.0 Å². The van der Waals surface area contributed by atoms with Gasteiger partial charge in [0.2, 0.25) is 0 Å². The average Bonchev–Trinajstić information content (AvgIpc) is 3.78. The van der Waals surface area contributed by atoms with Gasteiger partial charge < -0.3 is 4.42 Å². The monoisotopic (exact) mass is 827 g/mol. The van der Waals surface area contributed by atoms with Gasteiger partial charge in [0.15, 0.2) is 17.5 Å². The smallest absolute Gasteiger partial charge is 0.164 e. The van der Waals surface area contributed by atoms with Crippen LogP contribution in [0, 0.1) is 0 Å². The fourth-order valence-electron chi connectivity index (χ4n) is 9.82. The first-order chi connectivity index (χ1) is 32.2. The van der Waals surface area contributed by atoms with Crippen molar-refractivity contribution in [1.29, 1.82) is 0 Å². The highest BCUT2D eigenvalue weighted by molar-refractivity contribution is 6.27. The van der Waals surface area contributed by atoms with Gasteiger partial charge >= 0.3 is 0 Å². The molecule has 0 saturated heterocycles. The molecule has 0 amide bonds. The number of rotatable bonds is 6. The van der Waals surface area contributed by atoms with E-state index in [4.69, 9.17) is 19.4 Å². The molecule has 0 saturated carbocycles. The van der Waals surface area contributed by atoms with E-state index in [-0.39, 0.29) is 0 Å². The summed E-state index contributed by atoms with van der Waals surface area (Å²) < 4.78 is 6.82. The first-order valence-electron chi connectivity index (χ1n) is 22.0. The Hall–Kier alpha value is -8.73. The minimum Gasteiger partial charge on any atom is -0.455 e. The summed E-state index contributed by atoms with van der Waals surface area (Å²) in [7, 11) is 0. The topological polar surface area (TPSA) is 51.8 Å². The maximum Gasteiger partial charge on any atom is 0.164 e. The van der Waals surface area contributed by atoms with E-state index in [0.29, 0.717) is 17.5 Å². The Morgan fingerprint density at radius 3 is 1.32 bits per heavy atom. The molecule has 0 bridgehead atoms. The van der Waals surface area contributed by atoms with Crippen molar-refractivity contribution in [2.24, 2.45) is 0 Å². The van der Waals surface area contributed by atoms with Gasteiger partial charge in [0.05, 0.1) is 0 Å². The van der Waals surface area contributed by atoms with Crippen molar-refractivity contribution in [3.05, 3.63) is 224 Å². The van der Waals surface area contributed by atoms with Crippen LogP contribution in [0.2, 0.25) is 0 Å². The lowest BCUT2D eigenvalue weighted by Crippen LogP contribution is -2.00. The van der Waals surface area contributed by atoms with Gasteiger partial charge in [-0.15, -0.1) is 0 Å². The van der Waals surface area contributed by atoms with E-state index in [0.717, 1.165) is 66.3 Å². The Labute approximate surface area is 374 Å². The molecule has 2 aromatic heterocycles. The Morgan fingerprint density at radius 2 is 0.692 bits per heavy atom. The average molecular weight is 828 g/mol. The van der Waals surface area contributed by atoms with Crippen molar-refractivity contribution >= 4 is 65.0 Å². The maximum absolute atomic E-state index is 6.82. The molecule has 302 valence electrons. The Morgan fingerprint density at radius 1 is 0.246 bits per heavy atom. The van der Waals surface area contributed by atoms with Crippen molar-refractivity contribution in [2.75, 3.05) is 0 Å². The second kappa shape index (κ2) is 15.0. The molecule has 2 heterocycles. The van der Waals surface area contributed by atoms with E-state index in [1.807, 2.05) is 60.7 Å². The normalized spacial score (nSPS) is 11.7. The Bertz CT molecular complexity index is 3890. The van der Waals surface area contributed by atoms with Gasteiger partial charge in [-0.05, 0) is 95.3 Å². The molecule has 0 aliphatic heterocycles. The third-order valence-corrected chi connectivity index (χ3v) is 12.9. The molecule has 0 radical (unpaired) electrons. The Balaban J connectivity index is 0.922. The molecule has 11 aromatic carbocycles. The minimum atomic E-state index is 0.633. The third kappa shape index (κ3) is 6.18. The van der Waals surface area contributed by atoms with Gasteiger partial charge in [-0.1, -0.05) is 200 Å². The number of nitrogens with zero attached hydrogens (tertiary/aromatic N) is 3. The first-order valence-corrected chi connectivity index (χ1v) is 22.0. The summed E-state index contributed by atoms with van der Waals surface area (Å²) in [6, 6.07) is 79.5. The number of benzene rings is 11. The summed E-state index contributed by atoms with van der Waals surface area (Å²) in [5.74, 6) is 1.92. The number of fused-ring (bicyclic) bond motifs is 11. The van der Waals surface area contributed by atoms with E-state index >= 15 is 0 Å². The molecule has 65 heavy (non-hydrogen) atoms. The molecule has 0 unspecified atom stereocenters. The molecule has 13 aromatic rings. The van der Waals surface area contributed by atoms with E-state index < -0.39 is 0 Å².